The van der Waals surface area contributed by atoms with E-state index >= 15 is 0 Å². The van der Waals surface area contributed by atoms with Gasteiger partial charge in [0.25, 0.3) is 5.91 Å². The highest BCUT2D eigenvalue weighted by Gasteiger charge is 2.54. The zero-order valence-electron chi connectivity index (χ0n) is 20.7. The number of benzene rings is 1. The van der Waals surface area contributed by atoms with Crippen molar-refractivity contribution >= 4 is 23.3 Å². The van der Waals surface area contributed by atoms with Gasteiger partial charge in [0.2, 0.25) is 5.91 Å². The van der Waals surface area contributed by atoms with E-state index in [0.29, 0.717) is 5.56 Å². The predicted molar refractivity (Wildman–Crippen MR) is 128 cm³/mol. The van der Waals surface area contributed by atoms with Gasteiger partial charge in [-0.15, -0.1) is 0 Å². The number of methoxy groups -OCH3 is 1. The Morgan fingerprint density at radius 1 is 1.12 bits per heavy atom. The summed E-state index contributed by atoms with van der Waals surface area (Å²) in [6.07, 6.45) is -0.821. The number of amides is 2. The highest BCUT2D eigenvalue weighted by atomic mass is 16.5. The maximum atomic E-state index is 13.6. The number of rotatable bonds is 5. The Bertz CT molecular complexity index is 920. The molecule has 1 aromatic rings. The van der Waals surface area contributed by atoms with Crippen molar-refractivity contribution in [1.29, 1.82) is 0 Å². The lowest BCUT2D eigenvalue weighted by molar-refractivity contribution is -0.140. The van der Waals surface area contributed by atoms with Gasteiger partial charge in [0.1, 0.15) is 30.9 Å². The SMILES string of the molecule is CO[C@@H]1CN(C(=O)C(NC(=O)c2ccc(N3CCN(C)CC3)cc2)C(C)(C)C)[C@@H]2C(=O)CO[C@@H]21. The number of piperazine rings is 1. The van der Waals surface area contributed by atoms with Crippen LogP contribution in [-0.4, -0.2) is 105 Å². The van der Waals surface area contributed by atoms with Crippen molar-refractivity contribution in [2.75, 3.05) is 58.4 Å². The first-order valence-corrected chi connectivity index (χ1v) is 11.9. The van der Waals surface area contributed by atoms with E-state index in [-0.39, 0.29) is 36.9 Å². The number of fused-ring (bicyclic) bond motifs is 1. The number of carbonyl (C=O) groups is 3. The first kappa shape index (κ1) is 24.6. The topological polar surface area (TPSA) is 91.4 Å². The van der Waals surface area contributed by atoms with Crippen LogP contribution in [0.4, 0.5) is 5.69 Å². The van der Waals surface area contributed by atoms with Gasteiger partial charge in [-0.1, -0.05) is 20.8 Å². The molecule has 4 rings (SSSR count). The van der Waals surface area contributed by atoms with Crippen molar-refractivity contribution in [3.05, 3.63) is 29.8 Å². The van der Waals surface area contributed by atoms with E-state index in [1.807, 2.05) is 32.9 Å². The molecular formula is C25H36N4O5. The zero-order valence-corrected chi connectivity index (χ0v) is 20.7. The molecular weight excluding hydrogens is 436 g/mol. The van der Waals surface area contributed by atoms with E-state index in [9.17, 15) is 14.4 Å². The molecule has 9 nitrogen and oxygen atoms in total. The minimum Gasteiger partial charge on any atom is -0.377 e. The van der Waals surface area contributed by atoms with Crippen LogP contribution < -0.4 is 10.2 Å². The fraction of sp³-hybridized carbons (Fsp3) is 0.640. The Hall–Kier alpha value is -2.49. The van der Waals surface area contributed by atoms with E-state index in [4.69, 9.17) is 9.47 Å². The Morgan fingerprint density at radius 2 is 1.76 bits per heavy atom. The standard InChI is InChI=1S/C25H36N4O5/c1-25(2,3)22(24(32)29-14-19(33-5)21-20(29)18(30)15-34-21)26-23(31)16-6-8-17(9-7-16)28-12-10-27(4)11-13-28/h6-9,19-22H,10-15H2,1-5H3,(H,26,31)/t19-,20-,21-,22?/m1/s1. The lowest BCUT2D eigenvalue weighted by Gasteiger charge is -2.35. The first-order chi connectivity index (χ1) is 16.1. The van der Waals surface area contributed by atoms with Crippen LogP contribution in [0.1, 0.15) is 31.1 Å². The molecule has 2 amide bonds. The summed E-state index contributed by atoms with van der Waals surface area (Å²) >= 11 is 0. The summed E-state index contributed by atoms with van der Waals surface area (Å²) in [6.45, 7) is 9.86. The summed E-state index contributed by atoms with van der Waals surface area (Å²) in [5.74, 6) is -0.731. The summed E-state index contributed by atoms with van der Waals surface area (Å²) in [5, 5.41) is 2.94. The fourth-order valence-electron chi connectivity index (χ4n) is 4.96. The van der Waals surface area contributed by atoms with Gasteiger partial charge in [-0.05, 0) is 36.7 Å². The molecule has 0 aromatic heterocycles. The summed E-state index contributed by atoms with van der Waals surface area (Å²) < 4.78 is 11.1. The molecule has 34 heavy (non-hydrogen) atoms. The summed E-state index contributed by atoms with van der Waals surface area (Å²) in [5.41, 5.74) is 1.02. The fourth-order valence-corrected chi connectivity index (χ4v) is 4.96. The summed E-state index contributed by atoms with van der Waals surface area (Å²) in [4.78, 5) is 45.4. The van der Waals surface area contributed by atoms with Crippen LogP contribution in [0.2, 0.25) is 0 Å². The molecule has 1 aromatic carbocycles. The Labute approximate surface area is 201 Å². The van der Waals surface area contributed by atoms with Gasteiger partial charge < -0.3 is 29.5 Å². The number of nitrogens with one attached hydrogen (secondary N) is 1. The predicted octanol–water partition coefficient (Wildman–Crippen LogP) is 0.777. The third-order valence-electron chi connectivity index (χ3n) is 7.11. The van der Waals surface area contributed by atoms with Crippen LogP contribution in [0.25, 0.3) is 0 Å². The normalized spacial score (nSPS) is 26.5. The molecule has 9 heteroatoms. The van der Waals surface area contributed by atoms with Crippen LogP contribution in [0, 0.1) is 5.41 Å². The lowest BCUT2D eigenvalue weighted by Crippen LogP contribution is -2.57. The average molecular weight is 473 g/mol. The van der Waals surface area contributed by atoms with Crippen LogP contribution in [0.15, 0.2) is 24.3 Å². The number of hydrogen-bond acceptors (Lipinski definition) is 7. The first-order valence-electron chi connectivity index (χ1n) is 11.9. The zero-order chi connectivity index (χ0) is 24.6. The lowest BCUT2D eigenvalue weighted by atomic mass is 9.85. The van der Waals surface area contributed by atoms with Crippen LogP contribution >= 0.6 is 0 Å². The number of anilines is 1. The van der Waals surface area contributed by atoms with Crippen molar-refractivity contribution in [3.63, 3.8) is 0 Å². The molecule has 0 bridgehead atoms. The van der Waals surface area contributed by atoms with Crippen molar-refractivity contribution in [2.45, 2.75) is 45.1 Å². The number of Topliss-reactive ketones (excluding diaryl/α,β-unsaturated/α-hetero) is 1. The second kappa shape index (κ2) is 9.64. The van der Waals surface area contributed by atoms with Crippen LogP contribution in [-0.2, 0) is 19.1 Å². The molecule has 0 spiro atoms. The van der Waals surface area contributed by atoms with Crippen molar-refractivity contribution < 1.29 is 23.9 Å². The molecule has 3 aliphatic rings. The second-order valence-electron chi connectivity index (χ2n) is 10.6. The van der Waals surface area contributed by atoms with Gasteiger partial charge in [0.05, 0.1) is 6.54 Å². The summed E-state index contributed by atoms with van der Waals surface area (Å²) in [7, 11) is 3.67. The highest BCUT2D eigenvalue weighted by molar-refractivity contribution is 5.99. The molecule has 1 N–H and O–H groups in total. The van der Waals surface area contributed by atoms with Gasteiger partial charge in [0.15, 0.2) is 5.78 Å². The smallest absolute Gasteiger partial charge is 0.251 e. The maximum Gasteiger partial charge on any atom is 0.251 e. The van der Waals surface area contributed by atoms with Gasteiger partial charge in [-0.2, -0.15) is 0 Å². The number of ether oxygens (including phenoxy) is 2. The minimum atomic E-state index is -0.804. The molecule has 1 unspecified atom stereocenters. The van der Waals surface area contributed by atoms with E-state index in [2.05, 4.69) is 22.2 Å². The Morgan fingerprint density at radius 3 is 2.35 bits per heavy atom. The van der Waals surface area contributed by atoms with Crippen LogP contribution in [0.3, 0.4) is 0 Å². The van der Waals surface area contributed by atoms with E-state index in [1.54, 1.807) is 19.2 Å². The van der Waals surface area contributed by atoms with Crippen LogP contribution in [0.5, 0.6) is 0 Å². The van der Waals surface area contributed by atoms with E-state index in [1.165, 1.54) is 4.90 Å². The van der Waals surface area contributed by atoms with Gasteiger partial charge in [-0.25, -0.2) is 0 Å². The van der Waals surface area contributed by atoms with Crippen molar-refractivity contribution in [1.82, 2.24) is 15.1 Å². The number of ketones is 1. The Kier molecular flexibility index (Phi) is 6.98. The Balaban J connectivity index is 1.48. The second-order valence-corrected chi connectivity index (χ2v) is 10.6. The third-order valence-corrected chi connectivity index (χ3v) is 7.11. The van der Waals surface area contributed by atoms with Gasteiger partial charge in [0, 0.05) is 44.5 Å². The molecule has 186 valence electrons. The van der Waals surface area contributed by atoms with Crippen molar-refractivity contribution in [2.24, 2.45) is 5.41 Å². The summed E-state index contributed by atoms with van der Waals surface area (Å²) in [6, 6.07) is 6.04. The monoisotopic (exact) mass is 472 g/mol. The van der Waals surface area contributed by atoms with Gasteiger partial charge >= 0.3 is 0 Å². The number of likely N-dealkylation sites (tertiary alicyclic amines) is 1. The molecule has 3 heterocycles. The third kappa shape index (κ3) is 4.82. The quantitative estimate of drug-likeness (QED) is 0.677. The molecule has 0 saturated carbocycles. The molecule has 3 fully saturated rings. The molecule has 3 aliphatic heterocycles. The largest absolute Gasteiger partial charge is 0.377 e. The maximum absolute atomic E-state index is 13.6. The average Bonchev–Trinajstić information content (AvgIpc) is 3.37. The van der Waals surface area contributed by atoms with Gasteiger partial charge in [-0.3, -0.25) is 14.4 Å². The number of carbonyl (C=O) groups excluding carboxylic acids is 3. The van der Waals surface area contributed by atoms with E-state index < -0.39 is 23.6 Å². The minimum absolute atomic E-state index is 0.0226. The molecule has 4 atom stereocenters. The number of hydrogen-bond donors (Lipinski definition) is 1. The number of nitrogens with zero attached hydrogens (tertiary/aromatic N) is 3. The highest BCUT2D eigenvalue weighted by Crippen LogP contribution is 2.32. The van der Waals surface area contributed by atoms with E-state index in [0.717, 1.165) is 31.9 Å². The molecule has 0 aliphatic carbocycles. The molecule has 0 radical (unpaired) electrons. The molecule has 3 saturated heterocycles. The number of likely N-dealkylation sites (N-methyl/N-ethyl adjacent to an activating group) is 1. The van der Waals surface area contributed by atoms with Crippen molar-refractivity contribution in [3.8, 4) is 0 Å².